The second-order valence-electron chi connectivity index (χ2n) is 6.98. The van der Waals surface area contributed by atoms with Crippen molar-refractivity contribution in [3.63, 3.8) is 0 Å². The molecule has 1 unspecified atom stereocenters. The summed E-state index contributed by atoms with van der Waals surface area (Å²) < 4.78 is 0. The zero-order valence-corrected chi connectivity index (χ0v) is 15.3. The van der Waals surface area contributed by atoms with Crippen LogP contribution in [-0.2, 0) is 0 Å². The molecule has 1 saturated heterocycles. The van der Waals surface area contributed by atoms with Gasteiger partial charge in [0.05, 0.1) is 12.4 Å². The third kappa shape index (κ3) is 3.72. The average Bonchev–Trinajstić information content (AvgIpc) is 3.33. The van der Waals surface area contributed by atoms with E-state index in [0.29, 0.717) is 35.0 Å². The lowest BCUT2D eigenvalue weighted by molar-refractivity contribution is 0.477. The smallest absolute Gasteiger partial charge is 0.245 e. The molecule has 1 aromatic carbocycles. The van der Waals surface area contributed by atoms with Crippen LogP contribution in [0.1, 0.15) is 20.3 Å². The second kappa shape index (κ2) is 7.28. The van der Waals surface area contributed by atoms with Crippen LogP contribution < -0.4 is 10.2 Å². The zero-order chi connectivity index (χ0) is 18.8. The molecule has 1 aliphatic rings. The molecule has 9 nitrogen and oxygen atoms in total. The van der Waals surface area contributed by atoms with Gasteiger partial charge in [-0.25, -0.2) is 4.98 Å². The number of aromatic amines is 1. The standard InChI is InChI=1S/C18H22N8O/c1-11(2)21-13-5-6-26(10-13)18-19-8-16(22-24-18)14-4-3-12(7-17(14)27)15-9-20-25-23-15/h3-4,7-9,11,13,21,27H,5-6,10H2,1-2H3,(H,20,23,25). The Labute approximate surface area is 156 Å². The number of rotatable bonds is 5. The summed E-state index contributed by atoms with van der Waals surface area (Å²) in [6.07, 6.45) is 4.31. The average molecular weight is 366 g/mol. The van der Waals surface area contributed by atoms with Crippen LogP contribution in [0.5, 0.6) is 5.75 Å². The van der Waals surface area contributed by atoms with Gasteiger partial charge < -0.3 is 15.3 Å². The molecule has 0 aliphatic carbocycles. The van der Waals surface area contributed by atoms with E-state index in [4.69, 9.17) is 0 Å². The van der Waals surface area contributed by atoms with Gasteiger partial charge in [-0.3, -0.25) is 0 Å². The Bertz CT molecular complexity index is 894. The highest BCUT2D eigenvalue weighted by Gasteiger charge is 2.25. The van der Waals surface area contributed by atoms with Crippen molar-refractivity contribution in [3.8, 4) is 28.3 Å². The molecule has 0 amide bonds. The van der Waals surface area contributed by atoms with E-state index >= 15 is 0 Å². The van der Waals surface area contributed by atoms with Crippen LogP contribution >= 0.6 is 0 Å². The normalized spacial score (nSPS) is 17.0. The van der Waals surface area contributed by atoms with E-state index in [2.05, 4.69) is 54.7 Å². The first-order valence-corrected chi connectivity index (χ1v) is 9.00. The van der Waals surface area contributed by atoms with Crippen LogP contribution in [0.25, 0.3) is 22.5 Å². The van der Waals surface area contributed by atoms with Crippen molar-refractivity contribution in [2.24, 2.45) is 0 Å². The number of nitrogens with one attached hydrogen (secondary N) is 2. The molecule has 4 rings (SSSR count). The summed E-state index contributed by atoms with van der Waals surface area (Å²) >= 11 is 0. The minimum Gasteiger partial charge on any atom is -0.507 e. The quantitative estimate of drug-likeness (QED) is 0.624. The number of aromatic hydroxyl groups is 1. The number of phenolic OH excluding ortho intramolecular Hbond substituents is 1. The fraction of sp³-hybridized carbons (Fsp3) is 0.389. The molecular formula is C18H22N8O. The minimum atomic E-state index is 0.0988. The SMILES string of the molecule is CC(C)NC1CCN(c2ncc(-c3ccc(-c4cn[nH]n4)cc3O)nn2)C1. The summed E-state index contributed by atoms with van der Waals surface area (Å²) in [5, 5.41) is 32.8. The van der Waals surface area contributed by atoms with Crippen molar-refractivity contribution < 1.29 is 5.11 Å². The lowest BCUT2D eigenvalue weighted by Gasteiger charge is -2.18. The number of H-pyrrole nitrogens is 1. The van der Waals surface area contributed by atoms with Gasteiger partial charge in [0.15, 0.2) is 0 Å². The van der Waals surface area contributed by atoms with Gasteiger partial charge in [0.25, 0.3) is 0 Å². The maximum Gasteiger partial charge on any atom is 0.245 e. The molecule has 1 atom stereocenters. The maximum absolute atomic E-state index is 10.4. The number of phenols is 1. The number of anilines is 1. The molecule has 140 valence electrons. The maximum atomic E-state index is 10.4. The summed E-state index contributed by atoms with van der Waals surface area (Å²) in [7, 11) is 0. The van der Waals surface area contributed by atoms with Crippen molar-refractivity contribution in [1.29, 1.82) is 0 Å². The Morgan fingerprint density at radius 2 is 2.11 bits per heavy atom. The molecule has 0 radical (unpaired) electrons. The fourth-order valence-corrected chi connectivity index (χ4v) is 3.34. The van der Waals surface area contributed by atoms with Crippen molar-refractivity contribution >= 4 is 5.95 Å². The fourth-order valence-electron chi connectivity index (χ4n) is 3.34. The van der Waals surface area contributed by atoms with Gasteiger partial charge in [0.2, 0.25) is 5.95 Å². The number of aromatic nitrogens is 6. The lowest BCUT2D eigenvalue weighted by atomic mass is 10.1. The van der Waals surface area contributed by atoms with Gasteiger partial charge in [-0.1, -0.05) is 19.9 Å². The molecule has 1 fully saturated rings. The van der Waals surface area contributed by atoms with E-state index in [1.165, 1.54) is 0 Å². The van der Waals surface area contributed by atoms with Gasteiger partial charge in [0, 0.05) is 36.3 Å². The third-order valence-corrected chi connectivity index (χ3v) is 4.57. The van der Waals surface area contributed by atoms with Crippen molar-refractivity contribution in [2.75, 3.05) is 18.0 Å². The van der Waals surface area contributed by atoms with Gasteiger partial charge in [-0.2, -0.15) is 15.4 Å². The summed E-state index contributed by atoms with van der Waals surface area (Å²) in [5.41, 5.74) is 2.53. The first-order valence-electron chi connectivity index (χ1n) is 9.00. The first kappa shape index (κ1) is 17.3. The van der Waals surface area contributed by atoms with Crippen LogP contribution in [0.4, 0.5) is 5.95 Å². The van der Waals surface area contributed by atoms with E-state index in [1.54, 1.807) is 24.5 Å². The molecule has 0 bridgehead atoms. The first-order chi connectivity index (χ1) is 13.1. The van der Waals surface area contributed by atoms with Gasteiger partial charge in [-0.05, 0) is 18.6 Å². The molecule has 2 aromatic heterocycles. The van der Waals surface area contributed by atoms with Crippen LogP contribution in [0.2, 0.25) is 0 Å². The molecule has 1 aliphatic heterocycles. The highest BCUT2D eigenvalue weighted by molar-refractivity contribution is 5.72. The Kier molecular flexibility index (Phi) is 4.68. The Balaban J connectivity index is 1.49. The van der Waals surface area contributed by atoms with E-state index in [9.17, 15) is 5.11 Å². The van der Waals surface area contributed by atoms with Crippen molar-refractivity contribution in [3.05, 3.63) is 30.6 Å². The molecule has 3 N–H and O–H groups in total. The predicted octanol–water partition coefficient (Wildman–Crippen LogP) is 1.61. The largest absolute Gasteiger partial charge is 0.507 e. The van der Waals surface area contributed by atoms with Gasteiger partial charge in [0.1, 0.15) is 17.1 Å². The van der Waals surface area contributed by atoms with Gasteiger partial charge >= 0.3 is 0 Å². The Morgan fingerprint density at radius 1 is 1.22 bits per heavy atom. The Morgan fingerprint density at radius 3 is 2.78 bits per heavy atom. The van der Waals surface area contributed by atoms with E-state index in [0.717, 1.165) is 25.1 Å². The number of benzene rings is 1. The van der Waals surface area contributed by atoms with Crippen LogP contribution in [0, 0.1) is 0 Å². The van der Waals surface area contributed by atoms with E-state index in [1.807, 2.05) is 6.07 Å². The highest BCUT2D eigenvalue weighted by atomic mass is 16.3. The van der Waals surface area contributed by atoms with E-state index in [-0.39, 0.29) is 5.75 Å². The van der Waals surface area contributed by atoms with Gasteiger partial charge in [-0.15, -0.1) is 10.2 Å². The number of nitrogens with zero attached hydrogens (tertiary/aromatic N) is 6. The van der Waals surface area contributed by atoms with Crippen LogP contribution in [-0.4, -0.2) is 60.9 Å². The van der Waals surface area contributed by atoms with Crippen molar-refractivity contribution in [2.45, 2.75) is 32.4 Å². The summed E-state index contributed by atoms with van der Waals surface area (Å²) in [4.78, 5) is 6.58. The molecule has 0 saturated carbocycles. The molecular weight excluding hydrogens is 344 g/mol. The molecule has 0 spiro atoms. The Hall–Kier alpha value is -3.07. The minimum absolute atomic E-state index is 0.0988. The number of hydrogen-bond acceptors (Lipinski definition) is 8. The lowest BCUT2D eigenvalue weighted by Crippen LogP contribution is -2.37. The highest BCUT2D eigenvalue weighted by Crippen LogP contribution is 2.31. The summed E-state index contributed by atoms with van der Waals surface area (Å²) in [6, 6.07) is 6.17. The monoisotopic (exact) mass is 366 g/mol. The number of hydrogen-bond donors (Lipinski definition) is 3. The van der Waals surface area contributed by atoms with E-state index < -0.39 is 0 Å². The summed E-state index contributed by atoms with van der Waals surface area (Å²) in [6.45, 7) is 6.08. The van der Waals surface area contributed by atoms with Crippen LogP contribution in [0.3, 0.4) is 0 Å². The predicted molar refractivity (Wildman–Crippen MR) is 101 cm³/mol. The molecule has 9 heteroatoms. The summed E-state index contributed by atoms with van der Waals surface area (Å²) in [5.74, 6) is 0.715. The second-order valence-corrected chi connectivity index (χ2v) is 6.98. The zero-order valence-electron chi connectivity index (χ0n) is 15.3. The molecule has 27 heavy (non-hydrogen) atoms. The molecule has 3 aromatic rings. The van der Waals surface area contributed by atoms with Crippen molar-refractivity contribution in [1.82, 2.24) is 35.9 Å². The topological polar surface area (TPSA) is 116 Å². The molecule has 3 heterocycles. The third-order valence-electron chi connectivity index (χ3n) is 4.57. The van der Waals surface area contributed by atoms with Crippen LogP contribution in [0.15, 0.2) is 30.6 Å².